The minimum Gasteiger partial charge on any atom is -0.481 e. The first-order valence-electron chi connectivity index (χ1n) is 3.99. The molecule has 0 saturated heterocycles. The van der Waals surface area contributed by atoms with Gasteiger partial charge in [-0.3, -0.25) is 4.79 Å². The van der Waals surface area contributed by atoms with Gasteiger partial charge in [0.1, 0.15) is 0 Å². The highest BCUT2D eigenvalue weighted by molar-refractivity contribution is 5.67. The molecule has 0 spiro atoms. The number of fused-ring (bicyclic) bond motifs is 1. The third-order valence-electron chi connectivity index (χ3n) is 2.93. The van der Waals surface area contributed by atoms with Crippen LogP contribution in [-0.2, 0) is 4.79 Å². The van der Waals surface area contributed by atoms with Gasteiger partial charge in [0.05, 0.1) is 0 Å². The highest BCUT2D eigenvalue weighted by Gasteiger charge is 2.48. The fraction of sp³-hybridized carbons (Fsp3) is 0.875. The molecule has 0 bridgehead atoms. The predicted octanol–water partition coefficient (Wildman–Crippen LogP) is 1.51. The topological polar surface area (TPSA) is 37.3 Å². The summed E-state index contributed by atoms with van der Waals surface area (Å²) in [5.41, 5.74) is 0. The SMILES string of the molecule is O=C(O)CC1CCC2CC12. The first kappa shape index (κ1) is 6.20. The van der Waals surface area contributed by atoms with Crippen LogP contribution in [0.5, 0.6) is 0 Å². The van der Waals surface area contributed by atoms with Crippen molar-refractivity contribution in [2.75, 3.05) is 0 Å². The monoisotopic (exact) mass is 140 g/mol. The van der Waals surface area contributed by atoms with Crippen molar-refractivity contribution in [2.45, 2.75) is 25.7 Å². The van der Waals surface area contributed by atoms with E-state index in [2.05, 4.69) is 0 Å². The maximum atomic E-state index is 10.3. The van der Waals surface area contributed by atoms with E-state index in [0.717, 1.165) is 11.8 Å². The summed E-state index contributed by atoms with van der Waals surface area (Å²) >= 11 is 0. The quantitative estimate of drug-likeness (QED) is 0.631. The molecule has 1 N–H and O–H groups in total. The summed E-state index contributed by atoms with van der Waals surface area (Å²) in [5, 5.41) is 8.51. The predicted molar refractivity (Wildman–Crippen MR) is 36.6 cm³/mol. The zero-order chi connectivity index (χ0) is 7.14. The Morgan fingerprint density at radius 1 is 1.50 bits per heavy atom. The van der Waals surface area contributed by atoms with Crippen molar-refractivity contribution in [1.29, 1.82) is 0 Å². The molecular weight excluding hydrogens is 128 g/mol. The molecule has 2 fully saturated rings. The lowest BCUT2D eigenvalue weighted by Crippen LogP contribution is -2.06. The summed E-state index contributed by atoms with van der Waals surface area (Å²) in [5.74, 6) is 1.64. The van der Waals surface area contributed by atoms with Crippen molar-refractivity contribution in [3.63, 3.8) is 0 Å². The maximum absolute atomic E-state index is 10.3. The number of carboxylic acid groups (broad SMARTS) is 1. The molecule has 0 heterocycles. The molecule has 10 heavy (non-hydrogen) atoms. The normalized spacial score (nSPS) is 43.0. The van der Waals surface area contributed by atoms with Gasteiger partial charge in [-0.05, 0) is 37.0 Å². The molecule has 2 saturated carbocycles. The van der Waals surface area contributed by atoms with Crippen molar-refractivity contribution >= 4 is 5.97 Å². The Hall–Kier alpha value is -0.530. The summed E-state index contributed by atoms with van der Waals surface area (Å²) in [4.78, 5) is 10.3. The van der Waals surface area contributed by atoms with Gasteiger partial charge in [-0.15, -0.1) is 0 Å². The lowest BCUT2D eigenvalue weighted by molar-refractivity contribution is -0.138. The Kier molecular flexibility index (Phi) is 1.22. The molecule has 2 aliphatic rings. The molecule has 0 aromatic heterocycles. The average molecular weight is 140 g/mol. The Morgan fingerprint density at radius 3 is 2.70 bits per heavy atom. The van der Waals surface area contributed by atoms with Gasteiger partial charge in [0.25, 0.3) is 0 Å². The Labute approximate surface area is 60.2 Å². The van der Waals surface area contributed by atoms with Gasteiger partial charge in [0, 0.05) is 6.42 Å². The number of hydrogen-bond acceptors (Lipinski definition) is 1. The first-order valence-corrected chi connectivity index (χ1v) is 3.99. The fourth-order valence-corrected chi connectivity index (χ4v) is 2.30. The number of aliphatic carboxylic acids is 1. The number of rotatable bonds is 2. The molecular formula is C8H12O2. The van der Waals surface area contributed by atoms with Crippen molar-refractivity contribution in [1.82, 2.24) is 0 Å². The molecule has 0 aromatic rings. The second-order valence-corrected chi connectivity index (χ2v) is 3.59. The Morgan fingerprint density at radius 2 is 2.30 bits per heavy atom. The van der Waals surface area contributed by atoms with Gasteiger partial charge >= 0.3 is 5.97 Å². The van der Waals surface area contributed by atoms with Gasteiger partial charge in [0.2, 0.25) is 0 Å². The van der Waals surface area contributed by atoms with Gasteiger partial charge in [-0.1, -0.05) is 0 Å². The standard InChI is InChI=1S/C8H12O2/c9-8(10)4-6-2-1-5-3-7(5)6/h5-7H,1-4H2,(H,9,10). The minimum absolute atomic E-state index is 0.418. The van der Waals surface area contributed by atoms with E-state index in [9.17, 15) is 4.79 Å². The van der Waals surface area contributed by atoms with Crippen molar-refractivity contribution in [2.24, 2.45) is 17.8 Å². The molecule has 2 nitrogen and oxygen atoms in total. The summed E-state index contributed by atoms with van der Waals surface area (Å²) in [6, 6.07) is 0. The molecule has 0 aliphatic heterocycles. The molecule has 2 heteroatoms. The fourth-order valence-electron chi connectivity index (χ4n) is 2.30. The number of carbonyl (C=O) groups is 1. The van der Waals surface area contributed by atoms with E-state index in [1.165, 1.54) is 19.3 Å². The number of carboxylic acids is 1. The van der Waals surface area contributed by atoms with E-state index in [4.69, 9.17) is 5.11 Å². The van der Waals surface area contributed by atoms with Crippen LogP contribution in [0.3, 0.4) is 0 Å². The van der Waals surface area contributed by atoms with Gasteiger partial charge in [-0.2, -0.15) is 0 Å². The van der Waals surface area contributed by atoms with Crippen LogP contribution in [0.1, 0.15) is 25.7 Å². The third-order valence-corrected chi connectivity index (χ3v) is 2.93. The zero-order valence-electron chi connectivity index (χ0n) is 5.92. The zero-order valence-corrected chi connectivity index (χ0v) is 5.92. The smallest absolute Gasteiger partial charge is 0.303 e. The maximum Gasteiger partial charge on any atom is 0.303 e. The van der Waals surface area contributed by atoms with E-state index >= 15 is 0 Å². The number of hydrogen-bond donors (Lipinski definition) is 1. The van der Waals surface area contributed by atoms with Crippen molar-refractivity contribution in [3.8, 4) is 0 Å². The second kappa shape index (κ2) is 1.97. The van der Waals surface area contributed by atoms with Crippen LogP contribution in [-0.4, -0.2) is 11.1 Å². The summed E-state index contributed by atoms with van der Waals surface area (Å²) in [7, 11) is 0. The molecule has 3 atom stereocenters. The Bertz CT molecular complexity index is 165. The lowest BCUT2D eigenvalue weighted by Gasteiger charge is -2.05. The summed E-state index contributed by atoms with van der Waals surface area (Å²) in [6.45, 7) is 0. The lowest BCUT2D eigenvalue weighted by atomic mass is 10.00. The molecule has 2 rings (SSSR count). The van der Waals surface area contributed by atoms with Crippen molar-refractivity contribution < 1.29 is 9.90 Å². The van der Waals surface area contributed by atoms with Gasteiger partial charge < -0.3 is 5.11 Å². The molecule has 0 aromatic carbocycles. The van der Waals surface area contributed by atoms with Crippen LogP contribution >= 0.6 is 0 Å². The second-order valence-electron chi connectivity index (χ2n) is 3.59. The third kappa shape index (κ3) is 0.917. The molecule has 2 aliphatic carbocycles. The Balaban J connectivity index is 1.88. The molecule has 3 unspecified atom stereocenters. The van der Waals surface area contributed by atoms with Crippen LogP contribution in [0.4, 0.5) is 0 Å². The van der Waals surface area contributed by atoms with Crippen molar-refractivity contribution in [3.05, 3.63) is 0 Å². The summed E-state index contributed by atoms with van der Waals surface area (Å²) in [6.07, 6.45) is 4.20. The highest BCUT2D eigenvalue weighted by atomic mass is 16.4. The highest BCUT2D eigenvalue weighted by Crippen LogP contribution is 2.56. The van der Waals surface area contributed by atoms with E-state index in [1.54, 1.807) is 0 Å². The van der Waals surface area contributed by atoms with Crippen LogP contribution in [0, 0.1) is 17.8 Å². The van der Waals surface area contributed by atoms with E-state index in [-0.39, 0.29) is 0 Å². The molecule has 0 amide bonds. The summed E-state index contributed by atoms with van der Waals surface area (Å²) < 4.78 is 0. The van der Waals surface area contributed by atoms with Crippen LogP contribution in [0.25, 0.3) is 0 Å². The molecule has 56 valence electrons. The van der Waals surface area contributed by atoms with E-state index in [0.29, 0.717) is 12.3 Å². The largest absolute Gasteiger partial charge is 0.481 e. The first-order chi connectivity index (χ1) is 4.77. The van der Waals surface area contributed by atoms with Gasteiger partial charge in [-0.25, -0.2) is 0 Å². The van der Waals surface area contributed by atoms with Crippen LogP contribution in [0.2, 0.25) is 0 Å². The average Bonchev–Trinajstić information content (AvgIpc) is 2.52. The minimum atomic E-state index is -0.613. The van der Waals surface area contributed by atoms with Crippen LogP contribution < -0.4 is 0 Å². The van der Waals surface area contributed by atoms with Gasteiger partial charge in [0.15, 0.2) is 0 Å². The molecule has 0 radical (unpaired) electrons. The van der Waals surface area contributed by atoms with E-state index < -0.39 is 5.97 Å². The van der Waals surface area contributed by atoms with Crippen LogP contribution in [0.15, 0.2) is 0 Å². The van der Waals surface area contributed by atoms with E-state index in [1.807, 2.05) is 0 Å².